The van der Waals surface area contributed by atoms with Gasteiger partial charge in [0.05, 0.1) is 4.90 Å². The molecule has 164 valence electrons. The third kappa shape index (κ3) is 4.50. The molecule has 3 aromatic rings. The Morgan fingerprint density at radius 3 is 2.68 bits per heavy atom. The number of rotatable bonds is 5. The number of fused-ring (bicyclic) bond motifs is 1. The molecule has 0 bridgehead atoms. The molecule has 7 nitrogen and oxygen atoms in total. The highest BCUT2D eigenvalue weighted by atomic mass is 32.2. The first-order valence-electron chi connectivity index (χ1n) is 10.6. The van der Waals surface area contributed by atoms with E-state index in [4.69, 9.17) is 0 Å². The van der Waals surface area contributed by atoms with Gasteiger partial charge in [-0.15, -0.1) is 10.2 Å². The fourth-order valence-corrected chi connectivity index (χ4v) is 4.81. The number of phenols is 1. The van der Waals surface area contributed by atoms with Crippen molar-refractivity contribution in [2.24, 2.45) is 0 Å². The summed E-state index contributed by atoms with van der Waals surface area (Å²) in [5.41, 5.74) is 2.08. The molecule has 2 heterocycles. The van der Waals surface area contributed by atoms with Crippen LogP contribution in [-0.2, 0) is 9.84 Å². The predicted octanol–water partition coefficient (Wildman–Crippen LogP) is 3.61. The molecule has 0 aliphatic carbocycles. The van der Waals surface area contributed by atoms with Gasteiger partial charge in [0.25, 0.3) is 0 Å². The van der Waals surface area contributed by atoms with Crippen LogP contribution in [0.5, 0.6) is 5.75 Å². The highest BCUT2D eigenvalue weighted by molar-refractivity contribution is 7.90. The molecular formula is C23H28N4O3S. The van der Waals surface area contributed by atoms with Crippen LogP contribution >= 0.6 is 0 Å². The van der Waals surface area contributed by atoms with Gasteiger partial charge in [-0.2, -0.15) is 0 Å². The number of sulfone groups is 1. The fraction of sp³-hybridized carbons (Fsp3) is 0.391. The minimum Gasteiger partial charge on any atom is -0.507 e. The highest BCUT2D eigenvalue weighted by Gasteiger charge is 2.21. The third-order valence-electron chi connectivity index (χ3n) is 5.88. The second-order valence-corrected chi connectivity index (χ2v) is 10.3. The number of piperidine rings is 1. The predicted molar refractivity (Wildman–Crippen MR) is 123 cm³/mol. The highest BCUT2D eigenvalue weighted by Crippen LogP contribution is 2.36. The van der Waals surface area contributed by atoms with E-state index in [9.17, 15) is 13.5 Å². The number of benzene rings is 2. The Hall–Kier alpha value is -2.71. The van der Waals surface area contributed by atoms with E-state index in [1.807, 2.05) is 19.1 Å². The van der Waals surface area contributed by atoms with Gasteiger partial charge >= 0.3 is 0 Å². The Morgan fingerprint density at radius 1 is 1.16 bits per heavy atom. The molecule has 0 spiro atoms. The molecule has 0 unspecified atom stereocenters. The van der Waals surface area contributed by atoms with Gasteiger partial charge in [-0.1, -0.05) is 24.6 Å². The van der Waals surface area contributed by atoms with Crippen LogP contribution in [0.1, 0.15) is 25.3 Å². The van der Waals surface area contributed by atoms with Crippen LogP contribution in [-0.4, -0.2) is 60.6 Å². The Balaban J connectivity index is 1.77. The van der Waals surface area contributed by atoms with E-state index < -0.39 is 9.84 Å². The number of aromatic hydroxyl groups is 1. The molecule has 1 aromatic heterocycles. The molecule has 1 aliphatic rings. The maximum atomic E-state index is 11.8. The summed E-state index contributed by atoms with van der Waals surface area (Å²) in [6, 6.07) is 10.7. The zero-order valence-corrected chi connectivity index (χ0v) is 18.9. The Labute approximate surface area is 183 Å². The molecule has 0 amide bonds. The van der Waals surface area contributed by atoms with Gasteiger partial charge in [-0.05, 0) is 57.1 Å². The number of hydrogen-bond donors (Lipinski definition) is 2. The summed E-state index contributed by atoms with van der Waals surface area (Å²) in [7, 11) is -3.41. The summed E-state index contributed by atoms with van der Waals surface area (Å²) < 4.78 is 23.6. The molecule has 1 atom stereocenters. The van der Waals surface area contributed by atoms with E-state index in [-0.39, 0.29) is 10.6 Å². The van der Waals surface area contributed by atoms with Gasteiger partial charge < -0.3 is 15.3 Å². The van der Waals surface area contributed by atoms with Crippen molar-refractivity contribution in [3.8, 4) is 17.0 Å². The number of hydrogen-bond acceptors (Lipinski definition) is 7. The number of nitrogens with one attached hydrogen (secondary N) is 1. The number of likely N-dealkylation sites (tertiary alicyclic amines) is 1. The minimum atomic E-state index is -3.41. The first kappa shape index (κ1) is 21.5. The second kappa shape index (κ2) is 8.43. The largest absolute Gasteiger partial charge is 0.507 e. The number of aryl methyl sites for hydroxylation is 1. The first-order chi connectivity index (χ1) is 14.8. The van der Waals surface area contributed by atoms with Crippen LogP contribution in [0.15, 0.2) is 41.3 Å². The zero-order valence-electron chi connectivity index (χ0n) is 18.1. The van der Waals surface area contributed by atoms with Crippen molar-refractivity contribution >= 4 is 26.4 Å². The van der Waals surface area contributed by atoms with Crippen molar-refractivity contribution in [3.05, 3.63) is 42.0 Å². The van der Waals surface area contributed by atoms with E-state index in [0.717, 1.165) is 60.9 Å². The molecule has 1 aliphatic heterocycles. The van der Waals surface area contributed by atoms with Crippen molar-refractivity contribution in [2.45, 2.75) is 37.6 Å². The van der Waals surface area contributed by atoms with Crippen LogP contribution in [0.2, 0.25) is 0 Å². The van der Waals surface area contributed by atoms with E-state index >= 15 is 0 Å². The van der Waals surface area contributed by atoms with Crippen LogP contribution in [0.4, 0.5) is 5.82 Å². The summed E-state index contributed by atoms with van der Waals surface area (Å²) in [6.45, 7) is 7.34. The Morgan fingerprint density at radius 2 is 1.97 bits per heavy atom. The van der Waals surface area contributed by atoms with Crippen LogP contribution in [0.25, 0.3) is 22.0 Å². The molecule has 8 heteroatoms. The van der Waals surface area contributed by atoms with Gasteiger partial charge in [0.1, 0.15) is 11.4 Å². The average Bonchev–Trinajstić information content (AvgIpc) is 2.74. The fourth-order valence-electron chi connectivity index (χ4n) is 4.17. The molecule has 31 heavy (non-hydrogen) atoms. The van der Waals surface area contributed by atoms with E-state index in [0.29, 0.717) is 17.3 Å². The van der Waals surface area contributed by atoms with Crippen molar-refractivity contribution in [1.29, 1.82) is 0 Å². The van der Waals surface area contributed by atoms with Gasteiger partial charge in [-0.25, -0.2) is 8.42 Å². The summed E-state index contributed by atoms with van der Waals surface area (Å²) in [5.74, 6) is 0.600. The molecule has 4 rings (SSSR count). The monoisotopic (exact) mass is 440 g/mol. The SMILES string of the molecule is CCN1CCC[C@H](Nc2nnc(-c3ccc(S(C)(=O)=O)cc3O)c3ccc(C)cc23)C1. The standard InChI is InChI=1S/C23H28N4O3S/c1-4-27-11-5-6-16(14-27)24-23-20-12-15(2)7-9-18(20)22(25-26-23)19-10-8-17(13-21(19)28)31(3,29)30/h7-10,12-13,16,28H,4-6,11,14H2,1-3H3,(H,24,26)/t16-/m0/s1. The molecule has 0 radical (unpaired) electrons. The molecular weight excluding hydrogens is 412 g/mol. The maximum Gasteiger partial charge on any atom is 0.175 e. The molecule has 0 saturated carbocycles. The average molecular weight is 441 g/mol. The van der Waals surface area contributed by atoms with Crippen LogP contribution in [0.3, 0.4) is 0 Å². The minimum absolute atomic E-state index is 0.0675. The van der Waals surface area contributed by atoms with Crippen LogP contribution in [0, 0.1) is 6.92 Å². The second-order valence-electron chi connectivity index (χ2n) is 8.27. The van der Waals surface area contributed by atoms with Gasteiger partial charge in [-0.3, -0.25) is 0 Å². The molecule has 1 saturated heterocycles. The van der Waals surface area contributed by atoms with Gasteiger partial charge in [0, 0.05) is 35.2 Å². The lowest BCUT2D eigenvalue weighted by Gasteiger charge is -2.32. The lowest BCUT2D eigenvalue weighted by Crippen LogP contribution is -2.42. The number of anilines is 1. The topological polar surface area (TPSA) is 95.4 Å². The molecule has 1 fully saturated rings. The van der Waals surface area contributed by atoms with E-state index in [1.54, 1.807) is 6.07 Å². The maximum absolute atomic E-state index is 11.8. The summed E-state index contributed by atoms with van der Waals surface area (Å²) in [6.07, 6.45) is 3.35. The summed E-state index contributed by atoms with van der Waals surface area (Å²) in [4.78, 5) is 2.50. The molecule has 2 aromatic carbocycles. The lowest BCUT2D eigenvalue weighted by atomic mass is 10.0. The number of likely N-dealkylation sites (N-methyl/N-ethyl adjacent to an activating group) is 1. The van der Waals surface area contributed by atoms with Gasteiger partial charge in [0.2, 0.25) is 0 Å². The Kier molecular flexibility index (Phi) is 5.85. The first-order valence-corrected chi connectivity index (χ1v) is 12.4. The van der Waals surface area contributed by atoms with Gasteiger partial charge in [0.15, 0.2) is 15.7 Å². The summed E-state index contributed by atoms with van der Waals surface area (Å²) in [5, 5.41) is 24.8. The Bertz CT molecular complexity index is 1230. The zero-order chi connectivity index (χ0) is 22.2. The molecule has 2 N–H and O–H groups in total. The third-order valence-corrected chi connectivity index (χ3v) is 6.99. The van der Waals surface area contributed by atoms with E-state index in [1.165, 1.54) is 12.1 Å². The smallest absolute Gasteiger partial charge is 0.175 e. The normalized spacial score (nSPS) is 17.7. The number of aromatic nitrogens is 2. The van der Waals surface area contributed by atoms with Crippen molar-refractivity contribution in [2.75, 3.05) is 31.2 Å². The van der Waals surface area contributed by atoms with Crippen LogP contribution < -0.4 is 5.32 Å². The van der Waals surface area contributed by atoms with Crippen molar-refractivity contribution < 1.29 is 13.5 Å². The van der Waals surface area contributed by atoms with E-state index in [2.05, 4.69) is 33.4 Å². The van der Waals surface area contributed by atoms with Crippen molar-refractivity contribution in [3.63, 3.8) is 0 Å². The van der Waals surface area contributed by atoms with Crippen molar-refractivity contribution in [1.82, 2.24) is 15.1 Å². The number of phenolic OH excluding ortho intramolecular Hbond substituents is 1. The quantitative estimate of drug-likeness (QED) is 0.626. The summed E-state index contributed by atoms with van der Waals surface area (Å²) >= 11 is 0. The number of nitrogens with zero attached hydrogens (tertiary/aromatic N) is 3. The lowest BCUT2D eigenvalue weighted by molar-refractivity contribution is 0.226.